The molecule has 0 spiro atoms. The monoisotopic (exact) mass is 213 g/mol. The topological polar surface area (TPSA) is 43.1 Å². The number of rotatable bonds is 4. The molecular formula is C14H15NO. The zero-order valence-electron chi connectivity index (χ0n) is 9.15. The van der Waals surface area contributed by atoms with Gasteiger partial charge in [0.25, 0.3) is 0 Å². The molecule has 2 aromatic carbocycles. The second-order valence-electron chi connectivity index (χ2n) is 3.84. The van der Waals surface area contributed by atoms with Crippen molar-refractivity contribution in [1.82, 2.24) is 0 Å². The third-order valence-electron chi connectivity index (χ3n) is 2.70. The van der Waals surface area contributed by atoms with E-state index in [4.69, 9.17) is 5.73 Å². The number of benzene rings is 2. The summed E-state index contributed by atoms with van der Waals surface area (Å²) in [5.74, 6) is 0.183. The highest BCUT2D eigenvalue weighted by Gasteiger charge is 2.08. The van der Waals surface area contributed by atoms with Gasteiger partial charge in [-0.05, 0) is 23.7 Å². The smallest absolute Gasteiger partial charge is 0.163 e. The first-order chi connectivity index (χ1) is 7.83. The van der Waals surface area contributed by atoms with Crippen LogP contribution in [0, 0.1) is 0 Å². The molecule has 82 valence electrons. The largest absolute Gasteiger partial charge is 0.330 e. The van der Waals surface area contributed by atoms with Gasteiger partial charge in [-0.2, -0.15) is 0 Å². The standard InChI is InChI=1S/C14H15NO/c15-10-4-9-14(16)13-8-3-6-11-5-1-2-7-12(11)13/h1-3,5-8H,4,9-10,15H2. The Morgan fingerprint density at radius 3 is 2.62 bits per heavy atom. The van der Waals surface area contributed by atoms with Gasteiger partial charge in [0.1, 0.15) is 0 Å². The van der Waals surface area contributed by atoms with Gasteiger partial charge in [-0.1, -0.05) is 42.5 Å². The fraction of sp³-hybridized carbons (Fsp3) is 0.214. The number of Topliss-reactive ketones (excluding diaryl/α,β-unsaturated/α-hetero) is 1. The van der Waals surface area contributed by atoms with Gasteiger partial charge in [-0.3, -0.25) is 4.79 Å². The third kappa shape index (κ3) is 2.12. The molecule has 0 aromatic heterocycles. The fourth-order valence-corrected chi connectivity index (χ4v) is 1.87. The molecule has 0 bridgehead atoms. The number of ketones is 1. The fourth-order valence-electron chi connectivity index (χ4n) is 1.87. The zero-order chi connectivity index (χ0) is 11.4. The Morgan fingerprint density at radius 1 is 1.06 bits per heavy atom. The van der Waals surface area contributed by atoms with Gasteiger partial charge in [-0.25, -0.2) is 0 Å². The summed E-state index contributed by atoms with van der Waals surface area (Å²) in [6, 6.07) is 13.8. The molecule has 0 heterocycles. The summed E-state index contributed by atoms with van der Waals surface area (Å²) in [5, 5.41) is 2.15. The molecule has 0 aliphatic heterocycles. The van der Waals surface area contributed by atoms with Crippen LogP contribution in [0.2, 0.25) is 0 Å². The van der Waals surface area contributed by atoms with Crippen LogP contribution in [0.25, 0.3) is 10.8 Å². The number of hydrogen-bond donors (Lipinski definition) is 1. The van der Waals surface area contributed by atoms with Crippen molar-refractivity contribution in [3.63, 3.8) is 0 Å². The summed E-state index contributed by atoms with van der Waals surface area (Å²) >= 11 is 0. The van der Waals surface area contributed by atoms with E-state index >= 15 is 0 Å². The second kappa shape index (κ2) is 4.90. The van der Waals surface area contributed by atoms with Crippen molar-refractivity contribution in [3.05, 3.63) is 48.0 Å². The van der Waals surface area contributed by atoms with Crippen molar-refractivity contribution in [1.29, 1.82) is 0 Å². The summed E-state index contributed by atoms with van der Waals surface area (Å²) in [4.78, 5) is 12.0. The van der Waals surface area contributed by atoms with Crippen LogP contribution < -0.4 is 5.73 Å². The minimum absolute atomic E-state index is 0.183. The molecule has 2 nitrogen and oxygen atoms in total. The van der Waals surface area contributed by atoms with Crippen molar-refractivity contribution >= 4 is 16.6 Å². The normalized spacial score (nSPS) is 10.6. The van der Waals surface area contributed by atoms with E-state index < -0.39 is 0 Å². The van der Waals surface area contributed by atoms with Gasteiger partial charge < -0.3 is 5.73 Å². The quantitative estimate of drug-likeness (QED) is 0.793. The number of carbonyl (C=O) groups is 1. The van der Waals surface area contributed by atoms with E-state index in [0.717, 1.165) is 22.8 Å². The Hall–Kier alpha value is -1.67. The highest BCUT2D eigenvalue weighted by molar-refractivity contribution is 6.08. The molecule has 16 heavy (non-hydrogen) atoms. The van der Waals surface area contributed by atoms with E-state index in [0.29, 0.717) is 13.0 Å². The summed E-state index contributed by atoms with van der Waals surface area (Å²) < 4.78 is 0. The maximum atomic E-state index is 12.0. The maximum absolute atomic E-state index is 12.0. The van der Waals surface area contributed by atoms with Crippen molar-refractivity contribution in [2.45, 2.75) is 12.8 Å². The zero-order valence-corrected chi connectivity index (χ0v) is 9.15. The molecule has 0 atom stereocenters. The molecule has 2 heteroatoms. The van der Waals surface area contributed by atoms with E-state index in [1.807, 2.05) is 42.5 Å². The van der Waals surface area contributed by atoms with Gasteiger partial charge in [-0.15, -0.1) is 0 Å². The Bertz CT molecular complexity index is 500. The molecule has 0 aliphatic rings. The summed E-state index contributed by atoms with van der Waals surface area (Å²) in [6.07, 6.45) is 1.28. The lowest BCUT2D eigenvalue weighted by Crippen LogP contribution is -2.05. The van der Waals surface area contributed by atoms with Crippen LogP contribution in [0.1, 0.15) is 23.2 Å². The molecular weight excluding hydrogens is 198 g/mol. The number of nitrogens with two attached hydrogens (primary N) is 1. The van der Waals surface area contributed by atoms with Crippen LogP contribution in [0.5, 0.6) is 0 Å². The van der Waals surface area contributed by atoms with Crippen LogP contribution in [-0.2, 0) is 0 Å². The lowest BCUT2D eigenvalue weighted by atomic mass is 9.99. The van der Waals surface area contributed by atoms with Crippen molar-refractivity contribution in [2.75, 3.05) is 6.54 Å². The minimum Gasteiger partial charge on any atom is -0.330 e. The summed E-state index contributed by atoms with van der Waals surface area (Å²) in [6.45, 7) is 0.566. The van der Waals surface area contributed by atoms with Gasteiger partial charge >= 0.3 is 0 Å². The Balaban J connectivity index is 2.40. The highest BCUT2D eigenvalue weighted by Crippen LogP contribution is 2.19. The predicted molar refractivity (Wildman–Crippen MR) is 66.6 cm³/mol. The van der Waals surface area contributed by atoms with Crippen LogP contribution in [-0.4, -0.2) is 12.3 Å². The summed E-state index contributed by atoms with van der Waals surface area (Å²) in [7, 11) is 0. The third-order valence-corrected chi connectivity index (χ3v) is 2.70. The van der Waals surface area contributed by atoms with E-state index in [1.165, 1.54) is 0 Å². The first-order valence-corrected chi connectivity index (χ1v) is 5.54. The predicted octanol–water partition coefficient (Wildman–Crippen LogP) is 2.76. The molecule has 0 unspecified atom stereocenters. The molecule has 2 N–H and O–H groups in total. The van der Waals surface area contributed by atoms with Gasteiger partial charge in [0, 0.05) is 12.0 Å². The molecule has 0 radical (unpaired) electrons. The lowest BCUT2D eigenvalue weighted by Gasteiger charge is -2.04. The average Bonchev–Trinajstić information content (AvgIpc) is 2.35. The Kier molecular flexibility index (Phi) is 3.32. The van der Waals surface area contributed by atoms with Crippen molar-refractivity contribution in [3.8, 4) is 0 Å². The van der Waals surface area contributed by atoms with Crippen LogP contribution in [0.15, 0.2) is 42.5 Å². The Labute approximate surface area is 95.1 Å². The van der Waals surface area contributed by atoms with Gasteiger partial charge in [0.05, 0.1) is 0 Å². The van der Waals surface area contributed by atoms with E-state index in [-0.39, 0.29) is 5.78 Å². The SMILES string of the molecule is NCCCC(=O)c1cccc2ccccc12. The van der Waals surface area contributed by atoms with E-state index in [9.17, 15) is 4.79 Å². The lowest BCUT2D eigenvalue weighted by molar-refractivity contribution is 0.0982. The van der Waals surface area contributed by atoms with Crippen LogP contribution >= 0.6 is 0 Å². The maximum Gasteiger partial charge on any atom is 0.163 e. The summed E-state index contributed by atoms with van der Waals surface area (Å²) in [5.41, 5.74) is 6.23. The number of carbonyl (C=O) groups excluding carboxylic acids is 1. The van der Waals surface area contributed by atoms with E-state index in [1.54, 1.807) is 0 Å². The first kappa shape index (κ1) is 10.8. The molecule has 0 fully saturated rings. The molecule has 2 aromatic rings. The van der Waals surface area contributed by atoms with Crippen LogP contribution in [0.4, 0.5) is 0 Å². The number of hydrogen-bond acceptors (Lipinski definition) is 2. The average molecular weight is 213 g/mol. The van der Waals surface area contributed by atoms with Crippen LogP contribution in [0.3, 0.4) is 0 Å². The first-order valence-electron chi connectivity index (χ1n) is 5.54. The molecule has 0 aliphatic carbocycles. The van der Waals surface area contributed by atoms with Crippen molar-refractivity contribution in [2.24, 2.45) is 5.73 Å². The number of fused-ring (bicyclic) bond motifs is 1. The van der Waals surface area contributed by atoms with Gasteiger partial charge in [0.2, 0.25) is 0 Å². The minimum atomic E-state index is 0.183. The van der Waals surface area contributed by atoms with Gasteiger partial charge in [0.15, 0.2) is 5.78 Å². The molecule has 2 rings (SSSR count). The second-order valence-corrected chi connectivity index (χ2v) is 3.84. The Morgan fingerprint density at radius 2 is 1.81 bits per heavy atom. The van der Waals surface area contributed by atoms with E-state index in [2.05, 4.69) is 0 Å². The molecule has 0 amide bonds. The molecule has 0 saturated heterocycles. The van der Waals surface area contributed by atoms with Crippen molar-refractivity contribution < 1.29 is 4.79 Å². The highest BCUT2D eigenvalue weighted by atomic mass is 16.1. The molecule has 0 saturated carbocycles.